The summed E-state index contributed by atoms with van der Waals surface area (Å²) in [6.45, 7) is -0.157. The van der Waals surface area contributed by atoms with Crippen LogP contribution in [0.3, 0.4) is 0 Å². The molecule has 0 saturated heterocycles. The number of nitrogens with zero attached hydrogens (tertiary/aromatic N) is 1. The summed E-state index contributed by atoms with van der Waals surface area (Å²) in [7, 11) is -3.88. The third kappa shape index (κ3) is 3.06. The van der Waals surface area contributed by atoms with Crippen LogP contribution in [0.4, 0.5) is 8.78 Å². The number of rotatable bonds is 5. The highest BCUT2D eigenvalue weighted by atomic mass is 32.2. The van der Waals surface area contributed by atoms with Gasteiger partial charge in [-0.2, -0.15) is 8.78 Å². The number of aryl methyl sites for hydroxylation is 2. The maximum atomic E-state index is 13.0. The molecule has 1 N–H and O–H groups in total. The van der Waals surface area contributed by atoms with Crippen LogP contribution in [0.2, 0.25) is 0 Å². The smallest absolute Gasteiger partial charge is 0.387 e. The molecule has 26 heavy (non-hydrogen) atoms. The van der Waals surface area contributed by atoms with Crippen molar-refractivity contribution in [2.75, 3.05) is 0 Å². The number of aliphatic hydroxyl groups is 1. The molecular formula is C18H17F2NO4S. The minimum atomic E-state index is -3.88. The van der Waals surface area contributed by atoms with Crippen LogP contribution in [0.5, 0.6) is 5.75 Å². The van der Waals surface area contributed by atoms with E-state index in [2.05, 4.69) is 4.74 Å². The molecular weight excluding hydrogens is 364 g/mol. The maximum Gasteiger partial charge on any atom is 0.387 e. The Morgan fingerprint density at radius 1 is 1.15 bits per heavy atom. The summed E-state index contributed by atoms with van der Waals surface area (Å²) in [4.78, 5) is 0.110. The molecule has 3 rings (SSSR count). The lowest BCUT2D eigenvalue weighted by molar-refractivity contribution is -0.0508. The van der Waals surface area contributed by atoms with Gasteiger partial charge in [0.2, 0.25) is 0 Å². The number of fused-ring (bicyclic) bond motifs is 1. The summed E-state index contributed by atoms with van der Waals surface area (Å²) >= 11 is 0. The Labute approximate surface area is 149 Å². The minimum absolute atomic E-state index is 0.110. The van der Waals surface area contributed by atoms with Crippen LogP contribution in [-0.4, -0.2) is 24.1 Å². The minimum Gasteiger partial charge on any atom is -0.434 e. The Hall–Kier alpha value is -2.45. The molecule has 0 aliphatic carbocycles. The molecule has 0 aliphatic heterocycles. The van der Waals surface area contributed by atoms with Gasteiger partial charge in [-0.1, -0.05) is 17.7 Å². The van der Waals surface area contributed by atoms with Crippen molar-refractivity contribution in [2.45, 2.75) is 32.0 Å². The fourth-order valence-electron chi connectivity index (χ4n) is 2.92. The Kier molecular flexibility index (Phi) is 4.72. The lowest BCUT2D eigenvalue weighted by Crippen LogP contribution is -2.13. The van der Waals surface area contributed by atoms with Crippen molar-refractivity contribution < 1.29 is 27.0 Å². The average Bonchev–Trinajstić information content (AvgIpc) is 3.01. The lowest BCUT2D eigenvalue weighted by atomic mass is 10.1. The molecule has 1 aromatic heterocycles. The highest BCUT2D eigenvalue weighted by Crippen LogP contribution is 2.34. The first kappa shape index (κ1) is 18.3. The molecule has 1 heterocycles. The quantitative estimate of drug-likeness (QED) is 0.733. The van der Waals surface area contributed by atoms with Gasteiger partial charge in [0, 0.05) is 17.1 Å². The molecule has 0 saturated carbocycles. The molecule has 8 heteroatoms. The van der Waals surface area contributed by atoms with Gasteiger partial charge >= 0.3 is 6.61 Å². The van der Waals surface area contributed by atoms with Crippen molar-refractivity contribution in [1.82, 2.24) is 3.97 Å². The van der Waals surface area contributed by atoms with Crippen molar-refractivity contribution in [3.05, 3.63) is 59.3 Å². The van der Waals surface area contributed by atoms with E-state index in [0.717, 1.165) is 9.54 Å². The van der Waals surface area contributed by atoms with E-state index in [1.54, 1.807) is 19.1 Å². The largest absolute Gasteiger partial charge is 0.434 e. The molecule has 138 valence electrons. The molecule has 0 aliphatic rings. The van der Waals surface area contributed by atoms with Crippen LogP contribution in [0, 0.1) is 13.8 Å². The van der Waals surface area contributed by atoms with Gasteiger partial charge in [-0.15, -0.1) is 0 Å². The van der Waals surface area contributed by atoms with Crippen molar-refractivity contribution >= 4 is 20.9 Å². The number of aliphatic hydroxyl groups excluding tert-OH is 1. The predicted molar refractivity (Wildman–Crippen MR) is 93.0 cm³/mol. The van der Waals surface area contributed by atoms with E-state index in [9.17, 15) is 22.3 Å². The highest BCUT2D eigenvalue weighted by molar-refractivity contribution is 7.90. The van der Waals surface area contributed by atoms with Crippen molar-refractivity contribution in [3.8, 4) is 5.75 Å². The number of hydrogen-bond donors (Lipinski definition) is 1. The summed E-state index contributed by atoms with van der Waals surface area (Å²) in [6, 6.07) is 9.18. The fraction of sp³-hybridized carbons (Fsp3) is 0.222. The Morgan fingerprint density at radius 3 is 2.38 bits per heavy atom. The van der Waals surface area contributed by atoms with Gasteiger partial charge in [0.1, 0.15) is 5.75 Å². The van der Waals surface area contributed by atoms with E-state index in [1.165, 1.54) is 30.5 Å². The second-order valence-electron chi connectivity index (χ2n) is 5.90. The maximum absolute atomic E-state index is 13.0. The van der Waals surface area contributed by atoms with E-state index in [0.29, 0.717) is 16.5 Å². The summed E-state index contributed by atoms with van der Waals surface area (Å²) in [5.74, 6) is -0.169. The van der Waals surface area contributed by atoms with Crippen molar-refractivity contribution in [3.63, 3.8) is 0 Å². The van der Waals surface area contributed by atoms with E-state index >= 15 is 0 Å². The van der Waals surface area contributed by atoms with Crippen LogP contribution in [0.25, 0.3) is 10.9 Å². The number of aromatic nitrogens is 1. The van der Waals surface area contributed by atoms with Crippen molar-refractivity contribution in [1.29, 1.82) is 0 Å². The average molecular weight is 381 g/mol. The number of benzene rings is 2. The van der Waals surface area contributed by atoms with E-state index in [-0.39, 0.29) is 16.2 Å². The zero-order chi connectivity index (χ0) is 19.1. The SMILES string of the molecule is Cc1ccc(S(=O)(=O)n2ccc3c(CO)c(OC(F)F)cc(C)c32)cc1. The zero-order valence-corrected chi connectivity index (χ0v) is 14.9. The number of ether oxygens (including phenoxy) is 1. The Balaban J connectivity index is 2.24. The third-order valence-electron chi connectivity index (χ3n) is 4.15. The van der Waals surface area contributed by atoms with Crippen LogP contribution in [0.15, 0.2) is 47.5 Å². The normalized spacial score (nSPS) is 12.1. The fourth-order valence-corrected chi connectivity index (χ4v) is 4.33. The molecule has 0 fully saturated rings. The highest BCUT2D eigenvalue weighted by Gasteiger charge is 2.23. The van der Waals surface area contributed by atoms with Gasteiger partial charge in [-0.25, -0.2) is 12.4 Å². The van der Waals surface area contributed by atoms with E-state index in [4.69, 9.17) is 0 Å². The monoisotopic (exact) mass is 381 g/mol. The third-order valence-corrected chi connectivity index (χ3v) is 5.84. The molecule has 0 unspecified atom stereocenters. The number of hydrogen-bond acceptors (Lipinski definition) is 4. The summed E-state index contributed by atoms with van der Waals surface area (Å²) in [5.41, 5.74) is 1.79. The van der Waals surface area contributed by atoms with Crippen LogP contribution >= 0.6 is 0 Å². The second-order valence-corrected chi connectivity index (χ2v) is 7.71. The molecule has 0 radical (unpaired) electrons. The van der Waals surface area contributed by atoms with Gasteiger partial charge in [0.25, 0.3) is 10.0 Å². The Morgan fingerprint density at radius 2 is 1.81 bits per heavy atom. The summed E-state index contributed by atoms with van der Waals surface area (Å²) in [6.07, 6.45) is 1.35. The van der Waals surface area contributed by atoms with E-state index < -0.39 is 23.2 Å². The number of alkyl halides is 2. The molecule has 2 aromatic carbocycles. The van der Waals surface area contributed by atoms with Gasteiger partial charge in [0.15, 0.2) is 0 Å². The second kappa shape index (κ2) is 6.69. The summed E-state index contributed by atoms with van der Waals surface area (Å²) < 4.78 is 56.7. The molecule has 0 amide bonds. The van der Waals surface area contributed by atoms with Gasteiger partial charge in [0.05, 0.1) is 17.0 Å². The molecule has 5 nitrogen and oxygen atoms in total. The molecule has 3 aromatic rings. The van der Waals surface area contributed by atoms with Gasteiger partial charge in [-0.3, -0.25) is 0 Å². The summed E-state index contributed by atoms with van der Waals surface area (Å²) in [5, 5.41) is 9.94. The first-order valence-corrected chi connectivity index (χ1v) is 9.21. The van der Waals surface area contributed by atoms with Gasteiger partial charge in [-0.05, 0) is 43.7 Å². The van der Waals surface area contributed by atoms with Crippen LogP contribution in [-0.2, 0) is 16.6 Å². The van der Waals surface area contributed by atoms with E-state index in [1.807, 2.05) is 6.92 Å². The van der Waals surface area contributed by atoms with Crippen LogP contribution < -0.4 is 4.74 Å². The zero-order valence-electron chi connectivity index (χ0n) is 14.1. The number of halogens is 2. The molecule has 0 bridgehead atoms. The van der Waals surface area contributed by atoms with Gasteiger partial charge < -0.3 is 9.84 Å². The topological polar surface area (TPSA) is 68.5 Å². The lowest BCUT2D eigenvalue weighted by Gasteiger charge is -2.14. The Bertz CT molecular complexity index is 1060. The predicted octanol–water partition coefficient (Wildman–Crippen LogP) is 3.59. The first-order chi connectivity index (χ1) is 12.3. The molecule has 0 atom stereocenters. The first-order valence-electron chi connectivity index (χ1n) is 7.77. The standard InChI is InChI=1S/C18H17F2NO4S/c1-11-3-5-13(6-4-11)26(23,24)21-8-7-14-15(10-22)16(25-18(19)20)9-12(2)17(14)21/h3-9,18,22H,10H2,1-2H3. The van der Waals surface area contributed by atoms with Crippen molar-refractivity contribution in [2.24, 2.45) is 0 Å². The molecule has 0 spiro atoms. The van der Waals surface area contributed by atoms with Crippen LogP contribution in [0.1, 0.15) is 16.7 Å².